The van der Waals surface area contributed by atoms with E-state index in [4.69, 9.17) is 0 Å². The first-order valence-electron chi connectivity index (χ1n) is 10.8. The minimum atomic E-state index is -0.374. The van der Waals surface area contributed by atoms with Crippen LogP contribution in [-0.4, -0.2) is 25.8 Å². The van der Waals surface area contributed by atoms with Crippen LogP contribution >= 0.6 is 0 Å². The highest BCUT2D eigenvalue weighted by atomic mass is 16.2. The van der Waals surface area contributed by atoms with Crippen LogP contribution in [0.25, 0.3) is 16.6 Å². The number of benzene rings is 1. The van der Waals surface area contributed by atoms with E-state index in [1.54, 1.807) is 23.1 Å². The summed E-state index contributed by atoms with van der Waals surface area (Å²) in [7, 11) is 0. The Morgan fingerprint density at radius 3 is 2.82 bits per heavy atom. The van der Waals surface area contributed by atoms with E-state index in [1.165, 1.54) is 0 Å². The number of hydrogen-bond acceptors (Lipinski definition) is 7. The minimum Gasteiger partial charge on any atom is -0.331 e. The van der Waals surface area contributed by atoms with E-state index in [-0.39, 0.29) is 18.6 Å². The molecular formula is C24H23N9O. The predicted molar refractivity (Wildman–Crippen MR) is 128 cm³/mol. The zero-order valence-corrected chi connectivity index (χ0v) is 18.6. The number of hydrogen-bond donors (Lipinski definition) is 3. The number of nitrogens with one attached hydrogen (secondary N) is 3. The van der Waals surface area contributed by atoms with Gasteiger partial charge in [-0.05, 0) is 30.7 Å². The summed E-state index contributed by atoms with van der Waals surface area (Å²) in [6.07, 6.45) is 3.89. The number of aromatic nitrogens is 4. The number of pyridine rings is 2. The highest BCUT2D eigenvalue weighted by Crippen LogP contribution is 2.26. The second-order valence-electron chi connectivity index (χ2n) is 7.97. The number of rotatable bonds is 2. The highest BCUT2D eigenvalue weighted by molar-refractivity contribution is 5.92. The molecule has 0 radical (unpaired) electrons. The molecule has 4 aromatic rings. The molecule has 3 aromatic heterocycles. The van der Waals surface area contributed by atoms with Crippen LogP contribution in [0.3, 0.4) is 0 Å². The molecule has 0 saturated carbocycles. The molecule has 34 heavy (non-hydrogen) atoms. The summed E-state index contributed by atoms with van der Waals surface area (Å²) < 4.78 is 1.80. The van der Waals surface area contributed by atoms with Gasteiger partial charge in [-0.3, -0.25) is 15.7 Å². The number of urea groups is 1. The maximum Gasteiger partial charge on any atom is 0.320 e. The lowest BCUT2D eigenvalue weighted by atomic mass is 10.0. The van der Waals surface area contributed by atoms with Crippen molar-refractivity contribution in [2.24, 2.45) is 10.3 Å². The minimum absolute atomic E-state index is 0.280. The van der Waals surface area contributed by atoms with Crippen LogP contribution in [0.5, 0.6) is 0 Å². The number of carbonyl (C=O) groups is 1. The van der Waals surface area contributed by atoms with Gasteiger partial charge in [0, 0.05) is 23.7 Å². The van der Waals surface area contributed by atoms with E-state index in [1.807, 2.05) is 49.4 Å². The second-order valence-corrected chi connectivity index (χ2v) is 7.97. The number of carbonyl (C=O) groups excluding carboxylic acids is 1. The Labute approximate surface area is 195 Å². The fourth-order valence-corrected chi connectivity index (χ4v) is 3.92. The van der Waals surface area contributed by atoms with Crippen molar-refractivity contribution < 1.29 is 4.79 Å². The zero-order valence-electron chi connectivity index (χ0n) is 18.6. The number of amides is 2. The van der Waals surface area contributed by atoms with Crippen molar-refractivity contribution in [1.82, 2.24) is 30.5 Å². The van der Waals surface area contributed by atoms with Crippen LogP contribution in [-0.2, 0) is 6.54 Å². The van der Waals surface area contributed by atoms with Gasteiger partial charge in [0.15, 0.2) is 0 Å². The third-order valence-corrected chi connectivity index (χ3v) is 5.44. The molecule has 10 nitrogen and oxygen atoms in total. The summed E-state index contributed by atoms with van der Waals surface area (Å²) in [5.41, 5.74) is 7.62. The molecule has 0 fully saturated rings. The van der Waals surface area contributed by atoms with Gasteiger partial charge in [-0.15, -0.1) is 5.11 Å². The highest BCUT2D eigenvalue weighted by Gasteiger charge is 2.19. The molecule has 4 heterocycles. The van der Waals surface area contributed by atoms with E-state index in [0.29, 0.717) is 23.6 Å². The SMILES string of the molecule is C=C1CC(c2ccccc2)NC(=O)Nc2cc3cnn(-c4ccnc(C)c4)c3c(n2)CN/N=N\1. The Balaban J connectivity index is 1.54. The first-order chi connectivity index (χ1) is 16.6. The lowest BCUT2D eigenvalue weighted by Crippen LogP contribution is -2.33. The maximum atomic E-state index is 12.9. The van der Waals surface area contributed by atoms with Gasteiger partial charge in [0.1, 0.15) is 5.82 Å². The van der Waals surface area contributed by atoms with Crippen LogP contribution in [0.2, 0.25) is 0 Å². The molecule has 3 N–H and O–H groups in total. The molecule has 1 aliphatic heterocycles. The number of fused-ring (bicyclic) bond motifs is 4. The quantitative estimate of drug-likeness (QED) is 0.416. The molecule has 2 bridgehead atoms. The summed E-state index contributed by atoms with van der Waals surface area (Å²) in [5, 5.41) is 19.5. The molecule has 170 valence electrons. The molecule has 0 saturated heterocycles. The Hall–Kier alpha value is -4.60. The molecule has 0 aliphatic carbocycles. The van der Waals surface area contributed by atoms with Crippen molar-refractivity contribution in [3.05, 3.63) is 90.2 Å². The van der Waals surface area contributed by atoms with E-state index in [9.17, 15) is 4.79 Å². The summed E-state index contributed by atoms with van der Waals surface area (Å²) >= 11 is 0. The number of anilines is 1. The summed E-state index contributed by atoms with van der Waals surface area (Å²) in [6.45, 7) is 6.19. The molecule has 1 aliphatic rings. The Kier molecular flexibility index (Phi) is 5.69. The van der Waals surface area contributed by atoms with Crippen LogP contribution in [0.4, 0.5) is 10.6 Å². The fourth-order valence-electron chi connectivity index (χ4n) is 3.92. The Bertz CT molecular complexity index is 1390. The molecule has 1 aromatic carbocycles. The van der Waals surface area contributed by atoms with Crippen LogP contribution in [0.15, 0.2) is 83.5 Å². The third kappa shape index (κ3) is 4.46. The van der Waals surface area contributed by atoms with Gasteiger partial charge in [0.25, 0.3) is 0 Å². The first kappa shape index (κ1) is 21.3. The summed E-state index contributed by atoms with van der Waals surface area (Å²) in [4.78, 5) is 21.8. The maximum absolute atomic E-state index is 12.9. The van der Waals surface area contributed by atoms with Crippen molar-refractivity contribution in [3.8, 4) is 5.69 Å². The van der Waals surface area contributed by atoms with Crippen LogP contribution in [0, 0.1) is 6.92 Å². The van der Waals surface area contributed by atoms with Crippen molar-refractivity contribution in [3.63, 3.8) is 0 Å². The second kappa shape index (κ2) is 9.10. The van der Waals surface area contributed by atoms with E-state index in [2.05, 4.69) is 48.0 Å². The van der Waals surface area contributed by atoms with Crippen molar-refractivity contribution in [2.45, 2.75) is 25.9 Å². The molecular weight excluding hydrogens is 430 g/mol. The number of nitrogens with zero attached hydrogens (tertiary/aromatic N) is 6. The largest absolute Gasteiger partial charge is 0.331 e. The lowest BCUT2D eigenvalue weighted by molar-refractivity contribution is 0.248. The Morgan fingerprint density at radius 1 is 1.15 bits per heavy atom. The van der Waals surface area contributed by atoms with Crippen LogP contribution in [0.1, 0.15) is 29.4 Å². The van der Waals surface area contributed by atoms with Crippen molar-refractivity contribution in [1.29, 1.82) is 0 Å². The zero-order chi connectivity index (χ0) is 23.5. The van der Waals surface area contributed by atoms with Crippen molar-refractivity contribution in [2.75, 3.05) is 5.32 Å². The van der Waals surface area contributed by atoms with E-state index >= 15 is 0 Å². The fraction of sp³-hybridized carbons (Fsp3) is 0.167. The molecule has 1 atom stereocenters. The predicted octanol–water partition coefficient (Wildman–Crippen LogP) is 4.36. The standard InChI is InChI=1S/C24H23N9O/c1-15-10-19(8-9-25-15)33-23-18(13-27-33)12-22-28-21(23)14-26-32-31-16(2)11-20(29-24(34)30-22)17-6-4-3-5-7-17/h3-10,12-13,20H,2,11,14H2,1H3,(H,26,31)(H2,28,29,30,34). The number of aryl methyl sites for hydroxylation is 1. The van der Waals surface area contributed by atoms with Gasteiger partial charge in [0.05, 0.1) is 41.4 Å². The molecule has 10 heteroatoms. The van der Waals surface area contributed by atoms with E-state index < -0.39 is 0 Å². The average Bonchev–Trinajstić information content (AvgIpc) is 3.26. The monoisotopic (exact) mass is 453 g/mol. The van der Waals surface area contributed by atoms with Gasteiger partial charge in [0.2, 0.25) is 0 Å². The lowest BCUT2D eigenvalue weighted by Gasteiger charge is -2.19. The molecule has 0 spiro atoms. The summed E-state index contributed by atoms with van der Waals surface area (Å²) in [5.74, 6) is 0.411. The average molecular weight is 454 g/mol. The van der Waals surface area contributed by atoms with Gasteiger partial charge < -0.3 is 5.32 Å². The van der Waals surface area contributed by atoms with E-state index in [0.717, 1.165) is 27.8 Å². The molecule has 2 amide bonds. The third-order valence-electron chi connectivity index (χ3n) is 5.44. The summed E-state index contributed by atoms with van der Waals surface area (Å²) in [6, 6.07) is 14.6. The van der Waals surface area contributed by atoms with Gasteiger partial charge >= 0.3 is 6.03 Å². The normalized spacial score (nSPS) is 17.5. The van der Waals surface area contributed by atoms with Gasteiger partial charge in [-0.2, -0.15) is 5.10 Å². The smallest absolute Gasteiger partial charge is 0.320 e. The van der Waals surface area contributed by atoms with Crippen molar-refractivity contribution >= 4 is 22.8 Å². The topological polar surface area (TPSA) is 121 Å². The Morgan fingerprint density at radius 2 is 2.00 bits per heavy atom. The first-order valence-corrected chi connectivity index (χ1v) is 10.8. The van der Waals surface area contributed by atoms with Crippen LogP contribution < -0.4 is 16.1 Å². The molecule has 1 unspecified atom stereocenters. The van der Waals surface area contributed by atoms with Gasteiger partial charge in [-0.25, -0.2) is 14.5 Å². The molecule has 5 rings (SSSR count). The van der Waals surface area contributed by atoms with Gasteiger partial charge in [-0.1, -0.05) is 42.1 Å².